The summed E-state index contributed by atoms with van der Waals surface area (Å²) in [6.07, 6.45) is 8.43. The molecule has 0 unspecified atom stereocenters. The Labute approximate surface area is 235 Å². The molecule has 4 heterocycles. The number of hydrogen-bond donors (Lipinski definition) is 2. The maximum Gasteiger partial charge on any atom is 1.00 e. The number of rotatable bonds is 5. The van der Waals surface area contributed by atoms with Crippen LogP contribution in [0.25, 0.3) is 11.3 Å². The first-order valence-corrected chi connectivity index (χ1v) is 11.0. The van der Waals surface area contributed by atoms with Crippen molar-refractivity contribution in [2.24, 2.45) is 0 Å². The quantitative estimate of drug-likeness (QED) is 0.254. The number of aliphatic hydroxyl groups is 2. The molecule has 8 nitrogen and oxygen atoms in total. The van der Waals surface area contributed by atoms with Crippen LogP contribution in [0.15, 0.2) is 58.0 Å². The summed E-state index contributed by atoms with van der Waals surface area (Å²) < 4.78 is 10.7. The molecule has 0 fully saturated rings. The van der Waals surface area contributed by atoms with Crippen molar-refractivity contribution in [3.8, 4) is 0 Å². The van der Waals surface area contributed by atoms with Gasteiger partial charge >= 0.3 is 35.5 Å². The minimum absolute atomic E-state index is 0. The summed E-state index contributed by atoms with van der Waals surface area (Å²) in [5, 5.41) is 15.7. The zero-order chi connectivity index (χ0) is 22.8. The van der Waals surface area contributed by atoms with Gasteiger partial charge < -0.3 is 25.2 Å². The van der Waals surface area contributed by atoms with Crippen LogP contribution in [-0.2, 0) is 22.4 Å². The number of ether oxygens (including phenoxy) is 1. The van der Waals surface area contributed by atoms with Crippen molar-refractivity contribution in [2.75, 3.05) is 20.3 Å². The van der Waals surface area contributed by atoms with Crippen LogP contribution in [0.4, 0.5) is 0 Å². The van der Waals surface area contributed by atoms with E-state index in [9.17, 15) is 4.79 Å². The fraction of sp³-hybridized carbons (Fsp3) is 0.286. The van der Waals surface area contributed by atoms with Crippen molar-refractivity contribution < 1.29 is 50.7 Å². The van der Waals surface area contributed by atoms with Crippen molar-refractivity contribution >= 4 is 57.5 Å². The second-order valence-electron chi connectivity index (χ2n) is 6.15. The van der Waals surface area contributed by atoms with E-state index >= 15 is 0 Å². The Kier molecular flexibility index (Phi) is 15.8. The van der Waals surface area contributed by atoms with Crippen molar-refractivity contribution in [1.29, 1.82) is 0 Å². The number of esters is 1. The minimum Gasteiger partial charge on any atom is -1.00 e. The number of halogens is 2. The van der Waals surface area contributed by atoms with E-state index in [1.165, 1.54) is 0 Å². The Morgan fingerprint density at radius 2 is 1.45 bits per heavy atom. The molecule has 3 radical (unpaired) electrons. The van der Waals surface area contributed by atoms with Crippen molar-refractivity contribution in [3.63, 3.8) is 0 Å². The summed E-state index contributed by atoms with van der Waals surface area (Å²) in [6.45, 7) is 2.33. The summed E-state index contributed by atoms with van der Waals surface area (Å²) >= 11 is 6.76. The zero-order valence-electron chi connectivity index (χ0n) is 19.8. The minimum atomic E-state index is -0.245. The zero-order valence-corrected chi connectivity index (χ0v) is 24.0. The van der Waals surface area contributed by atoms with Gasteiger partial charge in [-0.3, -0.25) is 4.79 Å². The van der Waals surface area contributed by atoms with Crippen LogP contribution in [0.2, 0.25) is 0 Å². The van der Waals surface area contributed by atoms with Crippen LogP contribution in [0.5, 0.6) is 0 Å². The Bertz CT molecular complexity index is 1150. The van der Waals surface area contributed by atoms with E-state index in [-0.39, 0.29) is 58.4 Å². The molecule has 0 atom stereocenters. The number of aromatic nitrogens is 4. The van der Waals surface area contributed by atoms with Gasteiger partial charge in [-0.2, -0.15) is 0 Å². The first-order chi connectivity index (χ1) is 15.0. The summed E-state index contributed by atoms with van der Waals surface area (Å²) in [7, 11) is 1.00. The first kappa shape index (κ1) is 31.8. The Hall–Kier alpha value is -1.21. The van der Waals surface area contributed by atoms with Gasteiger partial charge in [0.25, 0.3) is 0 Å². The Morgan fingerprint density at radius 3 is 1.94 bits per heavy atom. The average Bonchev–Trinajstić information content (AvgIpc) is 3.32. The number of hydrogen-bond acceptors (Lipinski definition) is 6. The van der Waals surface area contributed by atoms with Gasteiger partial charge in [0.1, 0.15) is 11.3 Å². The molecule has 33 heavy (non-hydrogen) atoms. The van der Waals surface area contributed by atoms with Crippen LogP contribution < -0.4 is 29.6 Å². The molecule has 0 aliphatic rings. The summed E-state index contributed by atoms with van der Waals surface area (Å²) in [5.41, 5.74) is 3.37. The summed E-state index contributed by atoms with van der Waals surface area (Å²) in [6, 6.07) is 7.69. The Morgan fingerprint density at radius 1 is 0.970 bits per heavy atom. The van der Waals surface area contributed by atoms with Crippen LogP contribution in [-0.4, -0.2) is 63.7 Å². The van der Waals surface area contributed by atoms with E-state index in [0.29, 0.717) is 13.0 Å². The van der Waals surface area contributed by atoms with Crippen LogP contribution in [0.1, 0.15) is 19.7 Å². The normalized spacial score (nSPS) is 9.64. The average molecular weight is 591 g/mol. The molecule has 0 saturated heterocycles. The van der Waals surface area contributed by atoms with Gasteiger partial charge in [0, 0.05) is 62.3 Å². The molecule has 4 rings (SSSR count). The molecule has 4 aromatic heterocycles. The number of carbonyl (C=O) groups is 1. The molecule has 4 aromatic rings. The Balaban J connectivity index is 0. The molecule has 0 bridgehead atoms. The standard InChI is InChI=1S/C11H11BrN2O2.C9H9BrN2O.CH4O.B.Na.H/c1-2-16-11(15)5-9-7-14-6-8(12)3-4-10(14)13-9;10-7-1-2-9-11-8(3-4-13)6-12(9)5-7;1-2;;;/h3-4,6-7H,2,5H2,1H3;1-2,5-6,13H,3-4H2;2H,1H3;;;/q;;;;+1;-1. The van der Waals surface area contributed by atoms with Gasteiger partial charge in [-0.05, 0) is 63.0 Å². The van der Waals surface area contributed by atoms with Crippen molar-refractivity contribution in [1.82, 2.24) is 18.8 Å². The molecule has 0 saturated carbocycles. The van der Waals surface area contributed by atoms with Gasteiger partial charge in [-0.15, -0.1) is 0 Å². The fourth-order valence-corrected chi connectivity index (χ4v) is 3.42. The van der Waals surface area contributed by atoms with Gasteiger partial charge in [0.15, 0.2) is 0 Å². The first-order valence-electron chi connectivity index (χ1n) is 9.46. The van der Waals surface area contributed by atoms with Crippen LogP contribution in [0.3, 0.4) is 0 Å². The summed E-state index contributed by atoms with van der Waals surface area (Å²) in [5.74, 6) is -0.245. The predicted octanol–water partition coefficient (Wildman–Crippen LogP) is 0.178. The van der Waals surface area contributed by atoms with Gasteiger partial charge in [0.05, 0.1) is 24.4 Å². The second kappa shape index (κ2) is 16.4. The molecular weight excluding hydrogens is 566 g/mol. The maximum absolute atomic E-state index is 11.3. The number of nitrogens with zero attached hydrogens (tertiary/aromatic N) is 4. The van der Waals surface area contributed by atoms with Gasteiger partial charge in [-0.25, -0.2) is 9.97 Å². The summed E-state index contributed by atoms with van der Waals surface area (Å²) in [4.78, 5) is 19.9. The van der Waals surface area contributed by atoms with Crippen molar-refractivity contribution in [2.45, 2.75) is 19.8 Å². The maximum atomic E-state index is 11.3. The van der Waals surface area contributed by atoms with E-state index in [1.54, 1.807) is 6.92 Å². The fourth-order valence-electron chi connectivity index (χ4n) is 2.71. The van der Waals surface area contributed by atoms with E-state index in [4.69, 9.17) is 14.9 Å². The van der Waals surface area contributed by atoms with E-state index < -0.39 is 0 Å². The number of fused-ring (bicyclic) bond motifs is 2. The third kappa shape index (κ3) is 9.90. The van der Waals surface area contributed by atoms with Gasteiger partial charge in [0.2, 0.25) is 0 Å². The van der Waals surface area contributed by atoms with E-state index in [2.05, 4.69) is 41.8 Å². The molecule has 0 spiro atoms. The van der Waals surface area contributed by atoms with Crippen molar-refractivity contribution in [3.05, 3.63) is 69.4 Å². The smallest absolute Gasteiger partial charge is 1.00 e. The number of imidazole rings is 2. The second-order valence-corrected chi connectivity index (χ2v) is 7.98. The molecule has 0 aliphatic carbocycles. The molecule has 0 aromatic carbocycles. The van der Waals surface area contributed by atoms with Crippen LogP contribution in [0, 0.1) is 0 Å². The molecular formula is C21H25BBr2N4NaO4. The number of pyridine rings is 2. The van der Waals surface area contributed by atoms with E-state index in [1.807, 2.05) is 57.9 Å². The predicted molar refractivity (Wildman–Crippen MR) is 132 cm³/mol. The molecule has 12 heteroatoms. The molecule has 0 amide bonds. The van der Waals surface area contributed by atoms with Gasteiger partial charge in [-0.1, -0.05) is 0 Å². The molecule has 171 valence electrons. The molecule has 0 aliphatic heterocycles. The topological polar surface area (TPSA) is 101 Å². The van der Waals surface area contributed by atoms with E-state index in [0.717, 1.165) is 38.7 Å². The number of aliphatic hydroxyl groups excluding tert-OH is 2. The monoisotopic (exact) mass is 589 g/mol. The largest absolute Gasteiger partial charge is 1.00 e. The number of carbonyl (C=O) groups excluding carboxylic acids is 1. The van der Waals surface area contributed by atoms with Crippen LogP contribution >= 0.6 is 31.9 Å². The third-order valence-corrected chi connectivity index (χ3v) is 4.87. The SMILES string of the molecule is CCOC(=O)Cc1cn2cc(Br)ccc2n1.CO.OCCc1cn2cc(Br)ccc2n1.[B].[H-].[Na+]. The third-order valence-electron chi connectivity index (χ3n) is 3.93. The molecule has 2 N–H and O–H groups in total.